The van der Waals surface area contributed by atoms with Crippen LogP contribution in [0.3, 0.4) is 0 Å². The maximum atomic E-state index is 4.97. The summed E-state index contributed by atoms with van der Waals surface area (Å²) in [5.74, 6) is 1.69. The number of aryl methyl sites for hydroxylation is 2. The van der Waals surface area contributed by atoms with E-state index in [4.69, 9.17) is 4.98 Å². The van der Waals surface area contributed by atoms with Crippen LogP contribution in [-0.2, 0) is 6.42 Å². The average molecular weight is 292 g/mol. The van der Waals surface area contributed by atoms with E-state index in [2.05, 4.69) is 26.1 Å². The molecule has 0 aromatic carbocycles. The SMILES string of the molecule is CCc1nc(C(NC2CC2)C2CCCC(C)C2)sc1C. The van der Waals surface area contributed by atoms with Crippen LogP contribution in [0.15, 0.2) is 0 Å². The normalized spacial score (nSPS) is 28.6. The summed E-state index contributed by atoms with van der Waals surface area (Å²) in [6.07, 6.45) is 9.38. The molecule has 0 saturated heterocycles. The molecule has 2 aliphatic carbocycles. The number of nitrogens with one attached hydrogen (secondary N) is 1. The molecule has 3 unspecified atom stereocenters. The van der Waals surface area contributed by atoms with Crippen molar-refractivity contribution in [3.8, 4) is 0 Å². The van der Waals surface area contributed by atoms with E-state index in [9.17, 15) is 0 Å². The molecule has 3 heteroatoms. The van der Waals surface area contributed by atoms with Gasteiger partial charge in [0, 0.05) is 10.9 Å². The monoisotopic (exact) mass is 292 g/mol. The molecule has 20 heavy (non-hydrogen) atoms. The first-order valence-electron chi connectivity index (χ1n) is 8.39. The van der Waals surface area contributed by atoms with Crippen LogP contribution in [0.2, 0.25) is 0 Å². The zero-order valence-electron chi connectivity index (χ0n) is 13.1. The molecule has 1 N–H and O–H groups in total. The lowest BCUT2D eigenvalue weighted by atomic mass is 9.78. The Balaban J connectivity index is 1.80. The molecule has 1 heterocycles. The van der Waals surface area contributed by atoms with Crippen LogP contribution in [0.5, 0.6) is 0 Å². The topological polar surface area (TPSA) is 24.9 Å². The van der Waals surface area contributed by atoms with Gasteiger partial charge in [-0.05, 0) is 50.9 Å². The Morgan fingerprint density at radius 2 is 2.10 bits per heavy atom. The number of aromatic nitrogens is 1. The second-order valence-electron chi connectivity index (χ2n) is 6.86. The molecule has 3 rings (SSSR count). The summed E-state index contributed by atoms with van der Waals surface area (Å²) in [5.41, 5.74) is 1.32. The summed E-state index contributed by atoms with van der Waals surface area (Å²) in [4.78, 5) is 6.39. The van der Waals surface area contributed by atoms with Crippen LogP contribution in [0.25, 0.3) is 0 Å². The number of thiazole rings is 1. The first-order chi connectivity index (χ1) is 9.67. The van der Waals surface area contributed by atoms with E-state index in [1.165, 1.54) is 54.1 Å². The summed E-state index contributed by atoms with van der Waals surface area (Å²) in [7, 11) is 0. The lowest BCUT2D eigenvalue weighted by molar-refractivity contribution is 0.222. The summed E-state index contributed by atoms with van der Waals surface area (Å²) in [5, 5.41) is 5.28. The summed E-state index contributed by atoms with van der Waals surface area (Å²) >= 11 is 1.94. The van der Waals surface area contributed by atoms with Crippen molar-refractivity contribution in [3.05, 3.63) is 15.6 Å². The highest BCUT2D eigenvalue weighted by Gasteiger charge is 2.34. The van der Waals surface area contributed by atoms with Gasteiger partial charge >= 0.3 is 0 Å². The highest BCUT2D eigenvalue weighted by atomic mass is 32.1. The average Bonchev–Trinajstić information content (AvgIpc) is 3.18. The third kappa shape index (κ3) is 3.25. The molecule has 1 aromatic rings. The zero-order valence-corrected chi connectivity index (χ0v) is 13.9. The van der Waals surface area contributed by atoms with E-state index < -0.39 is 0 Å². The Morgan fingerprint density at radius 1 is 1.30 bits per heavy atom. The molecular weight excluding hydrogens is 264 g/mol. The molecule has 2 saturated carbocycles. The second kappa shape index (κ2) is 6.15. The van der Waals surface area contributed by atoms with E-state index in [1.54, 1.807) is 0 Å². The van der Waals surface area contributed by atoms with Crippen molar-refractivity contribution in [3.63, 3.8) is 0 Å². The predicted molar refractivity (Wildman–Crippen MR) is 86.2 cm³/mol. The van der Waals surface area contributed by atoms with E-state index in [0.29, 0.717) is 6.04 Å². The van der Waals surface area contributed by atoms with Gasteiger partial charge in [0.25, 0.3) is 0 Å². The van der Waals surface area contributed by atoms with Crippen LogP contribution < -0.4 is 5.32 Å². The number of rotatable bonds is 5. The molecule has 112 valence electrons. The van der Waals surface area contributed by atoms with Gasteiger partial charge in [-0.25, -0.2) is 4.98 Å². The van der Waals surface area contributed by atoms with E-state index in [1.807, 2.05) is 11.3 Å². The minimum absolute atomic E-state index is 0.522. The third-order valence-electron chi connectivity index (χ3n) is 4.95. The van der Waals surface area contributed by atoms with Crippen LogP contribution in [0, 0.1) is 18.8 Å². The highest BCUT2D eigenvalue weighted by molar-refractivity contribution is 7.11. The second-order valence-corrected chi connectivity index (χ2v) is 8.09. The van der Waals surface area contributed by atoms with Gasteiger partial charge in [-0.2, -0.15) is 0 Å². The third-order valence-corrected chi connectivity index (χ3v) is 6.05. The molecule has 2 aliphatic rings. The molecule has 0 spiro atoms. The maximum Gasteiger partial charge on any atom is 0.110 e. The molecule has 3 atom stereocenters. The van der Waals surface area contributed by atoms with Gasteiger partial charge < -0.3 is 5.32 Å². The highest BCUT2D eigenvalue weighted by Crippen LogP contribution is 2.40. The molecule has 1 aromatic heterocycles. The minimum atomic E-state index is 0.522. The molecule has 0 aliphatic heterocycles. The van der Waals surface area contributed by atoms with Gasteiger partial charge in [0.15, 0.2) is 0 Å². The summed E-state index contributed by atoms with van der Waals surface area (Å²) in [6.45, 7) is 6.88. The first-order valence-corrected chi connectivity index (χ1v) is 9.21. The predicted octanol–water partition coefficient (Wildman–Crippen LogP) is 4.63. The quantitative estimate of drug-likeness (QED) is 0.855. The van der Waals surface area contributed by atoms with Gasteiger partial charge in [0.1, 0.15) is 5.01 Å². The van der Waals surface area contributed by atoms with Crippen molar-refractivity contribution in [2.45, 2.75) is 77.8 Å². The maximum absolute atomic E-state index is 4.97. The van der Waals surface area contributed by atoms with Crippen LogP contribution in [0.4, 0.5) is 0 Å². The molecule has 0 amide bonds. The Kier molecular flexibility index (Phi) is 4.46. The molecular formula is C17H28N2S. The molecule has 2 fully saturated rings. The number of nitrogens with zero attached hydrogens (tertiary/aromatic N) is 1. The number of hydrogen-bond donors (Lipinski definition) is 1. The fourth-order valence-corrected chi connectivity index (χ4v) is 4.77. The summed E-state index contributed by atoms with van der Waals surface area (Å²) in [6, 6.07) is 1.29. The van der Waals surface area contributed by atoms with Gasteiger partial charge in [-0.1, -0.05) is 26.7 Å². The molecule has 0 radical (unpaired) electrons. The van der Waals surface area contributed by atoms with Gasteiger partial charge in [-0.3, -0.25) is 0 Å². The van der Waals surface area contributed by atoms with Gasteiger partial charge in [0.05, 0.1) is 11.7 Å². The first kappa shape index (κ1) is 14.5. The van der Waals surface area contributed by atoms with Crippen LogP contribution >= 0.6 is 11.3 Å². The van der Waals surface area contributed by atoms with Gasteiger partial charge in [-0.15, -0.1) is 11.3 Å². The Labute approximate surface area is 127 Å². The standard InChI is InChI=1S/C17H28N2S/c1-4-15-12(3)20-17(19-15)16(18-14-8-9-14)13-7-5-6-11(2)10-13/h11,13-14,16,18H,4-10H2,1-3H3. The van der Waals surface area contributed by atoms with Crippen molar-refractivity contribution < 1.29 is 0 Å². The fourth-order valence-electron chi connectivity index (χ4n) is 3.61. The van der Waals surface area contributed by atoms with Crippen molar-refractivity contribution in [1.29, 1.82) is 0 Å². The lowest BCUT2D eigenvalue weighted by Gasteiger charge is -2.33. The fraction of sp³-hybridized carbons (Fsp3) is 0.824. The molecule has 2 nitrogen and oxygen atoms in total. The van der Waals surface area contributed by atoms with Crippen molar-refractivity contribution in [1.82, 2.24) is 10.3 Å². The minimum Gasteiger partial charge on any atom is -0.305 e. The van der Waals surface area contributed by atoms with E-state index in [-0.39, 0.29) is 0 Å². The van der Waals surface area contributed by atoms with Crippen LogP contribution in [0.1, 0.15) is 74.0 Å². The van der Waals surface area contributed by atoms with Crippen molar-refractivity contribution in [2.24, 2.45) is 11.8 Å². The molecule has 0 bridgehead atoms. The van der Waals surface area contributed by atoms with E-state index in [0.717, 1.165) is 24.3 Å². The van der Waals surface area contributed by atoms with Crippen molar-refractivity contribution in [2.75, 3.05) is 0 Å². The smallest absolute Gasteiger partial charge is 0.110 e. The van der Waals surface area contributed by atoms with Crippen molar-refractivity contribution >= 4 is 11.3 Å². The summed E-state index contributed by atoms with van der Waals surface area (Å²) < 4.78 is 0. The lowest BCUT2D eigenvalue weighted by Crippen LogP contribution is -2.32. The largest absolute Gasteiger partial charge is 0.305 e. The Bertz CT molecular complexity index is 450. The Hall–Kier alpha value is -0.410. The van der Waals surface area contributed by atoms with Gasteiger partial charge in [0.2, 0.25) is 0 Å². The number of hydrogen-bond acceptors (Lipinski definition) is 3. The van der Waals surface area contributed by atoms with Crippen LogP contribution in [-0.4, -0.2) is 11.0 Å². The Morgan fingerprint density at radius 3 is 2.70 bits per heavy atom. The zero-order chi connectivity index (χ0) is 14.1. The van der Waals surface area contributed by atoms with E-state index >= 15 is 0 Å².